The summed E-state index contributed by atoms with van der Waals surface area (Å²) in [5, 5.41) is 10.2. The first kappa shape index (κ1) is 22.5. The van der Waals surface area contributed by atoms with Crippen molar-refractivity contribution in [3.05, 3.63) is 65.4 Å². The van der Waals surface area contributed by atoms with Gasteiger partial charge in [-0.1, -0.05) is 36.4 Å². The Morgan fingerprint density at radius 1 is 1.00 bits per heavy atom. The number of H-pyrrole nitrogens is 1. The van der Waals surface area contributed by atoms with E-state index in [0.29, 0.717) is 31.7 Å². The summed E-state index contributed by atoms with van der Waals surface area (Å²) in [5.74, 6) is -0.0132. The first-order valence-corrected chi connectivity index (χ1v) is 11.0. The van der Waals surface area contributed by atoms with E-state index in [2.05, 4.69) is 15.6 Å². The van der Waals surface area contributed by atoms with Crippen molar-refractivity contribution in [3.63, 3.8) is 0 Å². The molecule has 0 aliphatic carbocycles. The molecule has 0 radical (unpaired) electrons. The van der Waals surface area contributed by atoms with E-state index < -0.39 is 11.7 Å². The molecule has 1 aliphatic heterocycles. The topological polar surface area (TPSA) is 90.6 Å². The van der Waals surface area contributed by atoms with Gasteiger partial charge in [-0.3, -0.25) is 15.3 Å². The number of aromatic amines is 1. The fourth-order valence-corrected chi connectivity index (χ4v) is 3.66. The number of hydrazine groups is 1. The number of carbonyl (C=O) groups is 2. The zero-order valence-electron chi connectivity index (χ0n) is 19.2. The van der Waals surface area contributed by atoms with Gasteiger partial charge >= 0.3 is 6.09 Å². The number of rotatable bonds is 4. The van der Waals surface area contributed by atoms with Crippen molar-refractivity contribution >= 4 is 35.1 Å². The highest BCUT2D eigenvalue weighted by Crippen LogP contribution is 2.18. The van der Waals surface area contributed by atoms with Gasteiger partial charge in [0.25, 0.3) is 5.91 Å². The summed E-state index contributed by atoms with van der Waals surface area (Å²) in [5.41, 5.74) is 5.70. The summed E-state index contributed by atoms with van der Waals surface area (Å²) >= 11 is 0. The van der Waals surface area contributed by atoms with Crippen LogP contribution >= 0.6 is 0 Å². The largest absolute Gasteiger partial charge is 0.443 e. The van der Waals surface area contributed by atoms with Crippen LogP contribution in [0.4, 0.5) is 4.79 Å². The molecule has 1 aromatic heterocycles. The molecule has 1 saturated heterocycles. The molecule has 8 nitrogen and oxygen atoms in total. The van der Waals surface area contributed by atoms with E-state index >= 15 is 0 Å². The summed E-state index contributed by atoms with van der Waals surface area (Å²) < 4.78 is 5.28. The van der Waals surface area contributed by atoms with Crippen LogP contribution in [0.5, 0.6) is 0 Å². The minimum atomic E-state index is -0.546. The maximum absolute atomic E-state index is 12.9. The van der Waals surface area contributed by atoms with Crippen LogP contribution in [0.15, 0.2) is 48.5 Å². The third kappa shape index (κ3) is 5.78. The molecule has 1 aliphatic rings. The van der Waals surface area contributed by atoms with E-state index in [-0.39, 0.29) is 5.91 Å². The highest BCUT2D eigenvalue weighted by molar-refractivity contribution is 5.95. The number of aromatic nitrogens is 2. The molecule has 0 spiro atoms. The molecule has 3 aromatic rings. The number of nitrogens with one attached hydrogen (secondary N) is 2. The van der Waals surface area contributed by atoms with Gasteiger partial charge in [0.2, 0.25) is 0 Å². The highest BCUT2D eigenvalue weighted by atomic mass is 16.6. The van der Waals surface area contributed by atoms with Crippen molar-refractivity contribution < 1.29 is 14.3 Å². The number of para-hydroxylation sites is 1. The molecular weight excluding hydrogens is 418 g/mol. The lowest BCUT2D eigenvalue weighted by Crippen LogP contribution is -2.55. The zero-order chi connectivity index (χ0) is 23.4. The number of hydrogen-bond acceptors (Lipinski definition) is 5. The standard InChI is InChI=1S/C25H29N5O3/c1-25(2,3)33-24(32)28-30-16-14-29(15-17-30)23(31)19-11-8-18(9-12-19)10-13-22-20-6-4-5-7-21(20)26-27-22/h4-13H,14-17H2,1-3H3,(H,26,27)(H,28,32)/b13-10+. The summed E-state index contributed by atoms with van der Waals surface area (Å²) in [6.45, 7) is 7.62. The summed E-state index contributed by atoms with van der Waals surface area (Å²) in [7, 11) is 0. The van der Waals surface area contributed by atoms with Crippen molar-refractivity contribution in [3.8, 4) is 0 Å². The first-order valence-electron chi connectivity index (χ1n) is 11.0. The molecule has 2 aromatic carbocycles. The summed E-state index contributed by atoms with van der Waals surface area (Å²) in [6.07, 6.45) is 3.47. The molecule has 33 heavy (non-hydrogen) atoms. The maximum Gasteiger partial charge on any atom is 0.422 e. The van der Waals surface area contributed by atoms with Crippen LogP contribution in [0.1, 0.15) is 42.4 Å². The minimum absolute atomic E-state index is 0.0132. The molecule has 172 valence electrons. The van der Waals surface area contributed by atoms with E-state index in [9.17, 15) is 9.59 Å². The number of nitrogens with zero attached hydrogens (tertiary/aromatic N) is 3. The lowest BCUT2D eigenvalue weighted by molar-refractivity contribution is 0.0221. The number of carbonyl (C=O) groups excluding carboxylic acids is 2. The highest BCUT2D eigenvalue weighted by Gasteiger charge is 2.24. The van der Waals surface area contributed by atoms with Gasteiger partial charge in [-0.05, 0) is 50.6 Å². The molecule has 8 heteroatoms. The Balaban J connectivity index is 1.31. The zero-order valence-corrected chi connectivity index (χ0v) is 19.2. The predicted molar refractivity (Wildman–Crippen MR) is 128 cm³/mol. The molecule has 0 bridgehead atoms. The second-order valence-electron chi connectivity index (χ2n) is 9.00. The van der Waals surface area contributed by atoms with Gasteiger partial charge in [-0.15, -0.1) is 0 Å². The van der Waals surface area contributed by atoms with Crippen molar-refractivity contribution in [2.75, 3.05) is 26.2 Å². The smallest absolute Gasteiger partial charge is 0.422 e. The van der Waals surface area contributed by atoms with Crippen LogP contribution in [0.2, 0.25) is 0 Å². The van der Waals surface area contributed by atoms with Crippen LogP contribution in [0.3, 0.4) is 0 Å². The predicted octanol–water partition coefficient (Wildman–Crippen LogP) is 3.93. The van der Waals surface area contributed by atoms with Gasteiger partial charge in [0, 0.05) is 37.1 Å². The quantitative estimate of drug-likeness (QED) is 0.632. The summed E-state index contributed by atoms with van der Waals surface area (Å²) in [4.78, 5) is 26.6. The molecule has 1 fully saturated rings. The van der Waals surface area contributed by atoms with Crippen molar-refractivity contribution in [2.45, 2.75) is 26.4 Å². The molecule has 0 atom stereocenters. The fourth-order valence-electron chi connectivity index (χ4n) is 3.66. The van der Waals surface area contributed by atoms with Crippen molar-refractivity contribution in [1.82, 2.24) is 25.5 Å². The van der Waals surface area contributed by atoms with Gasteiger partial charge < -0.3 is 9.64 Å². The van der Waals surface area contributed by atoms with Gasteiger partial charge in [-0.2, -0.15) is 5.10 Å². The molecular formula is C25H29N5O3. The third-order valence-corrected chi connectivity index (χ3v) is 5.31. The monoisotopic (exact) mass is 447 g/mol. The SMILES string of the molecule is CC(C)(C)OC(=O)NN1CCN(C(=O)c2ccc(/C=C/c3n[nH]c4ccccc34)cc2)CC1. The van der Waals surface area contributed by atoms with E-state index in [4.69, 9.17) is 4.74 Å². The molecule has 0 unspecified atom stereocenters. The molecule has 0 saturated carbocycles. The van der Waals surface area contributed by atoms with Crippen LogP contribution < -0.4 is 5.43 Å². The van der Waals surface area contributed by atoms with Crippen LogP contribution in [0.25, 0.3) is 23.1 Å². The molecule has 4 rings (SSSR count). The Morgan fingerprint density at radius 3 is 2.39 bits per heavy atom. The van der Waals surface area contributed by atoms with Crippen LogP contribution in [0, 0.1) is 0 Å². The first-order chi connectivity index (χ1) is 15.8. The maximum atomic E-state index is 12.9. The second kappa shape index (κ2) is 9.46. The fraction of sp³-hybridized carbons (Fsp3) is 0.320. The minimum Gasteiger partial charge on any atom is -0.443 e. The Labute approximate surface area is 193 Å². The van der Waals surface area contributed by atoms with Crippen molar-refractivity contribution in [2.24, 2.45) is 0 Å². The number of ether oxygens (including phenoxy) is 1. The third-order valence-electron chi connectivity index (χ3n) is 5.31. The Bertz CT molecular complexity index is 1150. The summed E-state index contributed by atoms with van der Waals surface area (Å²) in [6, 6.07) is 15.5. The molecule has 2 N–H and O–H groups in total. The van der Waals surface area contributed by atoms with Crippen LogP contribution in [-0.2, 0) is 4.74 Å². The number of piperazine rings is 1. The number of fused-ring (bicyclic) bond motifs is 1. The van der Waals surface area contributed by atoms with E-state index in [1.807, 2.05) is 81.5 Å². The lowest BCUT2D eigenvalue weighted by atomic mass is 10.1. The Morgan fingerprint density at radius 2 is 1.70 bits per heavy atom. The van der Waals surface area contributed by atoms with Crippen LogP contribution in [-0.4, -0.2) is 63.9 Å². The lowest BCUT2D eigenvalue weighted by Gasteiger charge is -2.35. The Kier molecular flexibility index (Phi) is 6.46. The molecule has 2 heterocycles. The average Bonchev–Trinajstić information content (AvgIpc) is 3.20. The van der Waals surface area contributed by atoms with Gasteiger partial charge in [0.05, 0.1) is 11.2 Å². The average molecular weight is 448 g/mol. The number of hydrogen-bond donors (Lipinski definition) is 2. The van der Waals surface area contributed by atoms with Gasteiger partial charge in [-0.25, -0.2) is 9.80 Å². The van der Waals surface area contributed by atoms with E-state index in [1.165, 1.54) is 0 Å². The molecule has 2 amide bonds. The number of benzene rings is 2. The van der Waals surface area contributed by atoms with Crippen molar-refractivity contribution in [1.29, 1.82) is 0 Å². The van der Waals surface area contributed by atoms with Gasteiger partial charge in [0.15, 0.2) is 0 Å². The normalized spacial score (nSPS) is 15.2. The van der Waals surface area contributed by atoms with Gasteiger partial charge in [0.1, 0.15) is 5.60 Å². The Hall–Kier alpha value is -3.65. The number of amides is 2. The second-order valence-corrected chi connectivity index (χ2v) is 9.00. The van der Waals surface area contributed by atoms with E-state index in [0.717, 1.165) is 22.2 Å². The van der Waals surface area contributed by atoms with E-state index in [1.54, 1.807) is 9.91 Å².